The second-order valence-corrected chi connectivity index (χ2v) is 8.04. The van der Waals surface area contributed by atoms with E-state index in [9.17, 15) is 4.79 Å². The molecule has 0 aromatic heterocycles. The number of rotatable bonds is 1. The highest BCUT2D eigenvalue weighted by molar-refractivity contribution is 5.66. The van der Waals surface area contributed by atoms with Gasteiger partial charge < -0.3 is 9.47 Å². The molecule has 2 saturated heterocycles. The number of esters is 1. The molecule has 4 fully saturated rings. The van der Waals surface area contributed by atoms with Crippen LogP contribution in [0.4, 0.5) is 0 Å². The highest BCUT2D eigenvalue weighted by Crippen LogP contribution is 2.58. The van der Waals surface area contributed by atoms with Gasteiger partial charge in [0.2, 0.25) is 0 Å². The second-order valence-electron chi connectivity index (χ2n) is 8.04. The summed E-state index contributed by atoms with van der Waals surface area (Å²) in [5, 5.41) is 0. The van der Waals surface area contributed by atoms with Crippen LogP contribution >= 0.6 is 0 Å². The predicted octanol–water partition coefficient (Wildman–Crippen LogP) is 3.56. The van der Waals surface area contributed by atoms with Crippen LogP contribution in [0.15, 0.2) is 0 Å². The Morgan fingerprint density at radius 3 is 2.55 bits per heavy atom. The molecule has 4 rings (SSSR count). The molecule has 2 heterocycles. The number of hydrogen-bond donors (Lipinski definition) is 0. The van der Waals surface area contributed by atoms with E-state index in [-0.39, 0.29) is 23.3 Å². The molecule has 20 heavy (non-hydrogen) atoms. The molecule has 0 spiro atoms. The summed E-state index contributed by atoms with van der Waals surface area (Å²) >= 11 is 0. The van der Waals surface area contributed by atoms with Crippen molar-refractivity contribution in [2.45, 2.75) is 77.6 Å². The maximum Gasteiger partial charge on any atom is 0.302 e. The van der Waals surface area contributed by atoms with Crippen LogP contribution in [-0.2, 0) is 14.3 Å². The molecule has 0 radical (unpaired) electrons. The van der Waals surface area contributed by atoms with Crippen molar-refractivity contribution in [1.82, 2.24) is 0 Å². The SMILES string of the molecule is CC(=O)O[C@H]1C[C@]2(C)OC(C)(C)[C@H]1C[C@@H]1[C@H](C)CC[C@H]12. The number of hydrogen-bond acceptors (Lipinski definition) is 3. The first kappa shape index (κ1) is 14.4. The zero-order valence-corrected chi connectivity index (χ0v) is 13.4. The van der Waals surface area contributed by atoms with Crippen LogP contribution in [0.1, 0.15) is 60.3 Å². The van der Waals surface area contributed by atoms with E-state index in [1.54, 1.807) is 0 Å². The number of carbonyl (C=O) groups excluding carboxylic acids is 1. The molecule has 2 aliphatic heterocycles. The van der Waals surface area contributed by atoms with E-state index in [2.05, 4.69) is 27.7 Å². The van der Waals surface area contributed by atoms with Gasteiger partial charge in [0.15, 0.2) is 0 Å². The van der Waals surface area contributed by atoms with Crippen molar-refractivity contribution in [3.8, 4) is 0 Å². The van der Waals surface area contributed by atoms with Gasteiger partial charge in [0.1, 0.15) is 6.10 Å². The van der Waals surface area contributed by atoms with Crippen LogP contribution in [0.3, 0.4) is 0 Å². The lowest BCUT2D eigenvalue weighted by atomic mass is 9.76. The molecular formula is C17H28O3. The fourth-order valence-electron chi connectivity index (χ4n) is 5.42. The third kappa shape index (κ3) is 2.09. The summed E-state index contributed by atoms with van der Waals surface area (Å²) in [6.07, 6.45) is 4.62. The largest absolute Gasteiger partial charge is 0.462 e. The molecule has 4 aliphatic rings. The molecular weight excluding hydrogens is 252 g/mol. The fourth-order valence-corrected chi connectivity index (χ4v) is 5.42. The molecule has 0 amide bonds. The van der Waals surface area contributed by atoms with E-state index >= 15 is 0 Å². The first-order valence-electron chi connectivity index (χ1n) is 8.10. The lowest BCUT2D eigenvalue weighted by Gasteiger charge is -2.50. The van der Waals surface area contributed by atoms with E-state index in [4.69, 9.17) is 9.47 Å². The summed E-state index contributed by atoms with van der Waals surface area (Å²) in [4.78, 5) is 11.5. The van der Waals surface area contributed by atoms with Gasteiger partial charge in [-0.2, -0.15) is 0 Å². The fraction of sp³-hybridized carbons (Fsp3) is 0.941. The average molecular weight is 280 g/mol. The Kier molecular flexibility index (Phi) is 3.20. The molecule has 0 unspecified atom stereocenters. The molecule has 3 nitrogen and oxygen atoms in total. The third-order valence-electron chi connectivity index (χ3n) is 6.25. The van der Waals surface area contributed by atoms with E-state index in [1.165, 1.54) is 19.8 Å². The van der Waals surface area contributed by atoms with Crippen molar-refractivity contribution in [1.29, 1.82) is 0 Å². The topological polar surface area (TPSA) is 35.5 Å². The summed E-state index contributed by atoms with van der Waals surface area (Å²) in [6, 6.07) is 0. The van der Waals surface area contributed by atoms with Gasteiger partial charge in [-0.1, -0.05) is 13.3 Å². The van der Waals surface area contributed by atoms with Gasteiger partial charge in [0.25, 0.3) is 0 Å². The molecule has 2 bridgehead atoms. The molecule has 0 aromatic rings. The van der Waals surface area contributed by atoms with Crippen molar-refractivity contribution in [2.75, 3.05) is 0 Å². The van der Waals surface area contributed by atoms with Crippen LogP contribution in [0.25, 0.3) is 0 Å². The van der Waals surface area contributed by atoms with Crippen molar-refractivity contribution in [2.24, 2.45) is 23.7 Å². The van der Waals surface area contributed by atoms with Crippen molar-refractivity contribution in [3.05, 3.63) is 0 Å². The van der Waals surface area contributed by atoms with Crippen molar-refractivity contribution in [3.63, 3.8) is 0 Å². The van der Waals surface area contributed by atoms with Gasteiger partial charge in [0, 0.05) is 19.3 Å². The summed E-state index contributed by atoms with van der Waals surface area (Å²) in [6.45, 7) is 10.5. The van der Waals surface area contributed by atoms with Gasteiger partial charge in [0.05, 0.1) is 11.2 Å². The Hall–Kier alpha value is -0.570. The molecule has 3 heteroatoms. The lowest BCUT2D eigenvalue weighted by Crippen LogP contribution is -2.56. The van der Waals surface area contributed by atoms with Crippen LogP contribution in [0.2, 0.25) is 0 Å². The standard InChI is InChI=1S/C17H28O3/c1-10-6-7-13-12(10)8-14-15(19-11(2)18)9-17(13,5)20-16(14,3)4/h10,12-15H,6-9H2,1-5H3/t10-,12-,13-,14+,15+,17+/m1/s1. The molecule has 114 valence electrons. The highest BCUT2D eigenvalue weighted by Gasteiger charge is 2.60. The summed E-state index contributed by atoms with van der Waals surface area (Å²) < 4.78 is 12.3. The normalized spacial score (nSPS) is 49.5. The van der Waals surface area contributed by atoms with Gasteiger partial charge in [-0.3, -0.25) is 4.79 Å². The predicted molar refractivity (Wildman–Crippen MR) is 77.2 cm³/mol. The van der Waals surface area contributed by atoms with Crippen LogP contribution in [0, 0.1) is 23.7 Å². The number of ether oxygens (including phenoxy) is 2. The van der Waals surface area contributed by atoms with Gasteiger partial charge in [-0.25, -0.2) is 0 Å². The average Bonchev–Trinajstić information content (AvgIpc) is 2.55. The van der Waals surface area contributed by atoms with E-state index in [0.29, 0.717) is 11.8 Å². The van der Waals surface area contributed by atoms with Crippen LogP contribution in [-0.4, -0.2) is 23.3 Å². The second kappa shape index (κ2) is 4.46. The Morgan fingerprint density at radius 2 is 1.90 bits per heavy atom. The zero-order chi connectivity index (χ0) is 14.7. The summed E-state index contributed by atoms with van der Waals surface area (Å²) in [5.74, 6) is 2.31. The smallest absolute Gasteiger partial charge is 0.302 e. The van der Waals surface area contributed by atoms with E-state index in [0.717, 1.165) is 24.7 Å². The zero-order valence-electron chi connectivity index (χ0n) is 13.4. The maximum atomic E-state index is 11.5. The molecule has 0 aromatic carbocycles. The van der Waals surface area contributed by atoms with Gasteiger partial charge in [-0.05, 0) is 51.4 Å². The molecule has 2 saturated carbocycles. The first-order valence-corrected chi connectivity index (χ1v) is 8.10. The Bertz CT molecular complexity index is 416. The minimum absolute atomic E-state index is 0.0269. The maximum absolute atomic E-state index is 11.5. The molecule has 0 N–H and O–H groups in total. The highest BCUT2D eigenvalue weighted by atomic mass is 16.6. The van der Waals surface area contributed by atoms with E-state index in [1.807, 2.05) is 0 Å². The summed E-state index contributed by atoms with van der Waals surface area (Å²) in [5.41, 5.74) is -0.330. The Morgan fingerprint density at radius 1 is 1.20 bits per heavy atom. The summed E-state index contributed by atoms with van der Waals surface area (Å²) in [7, 11) is 0. The minimum atomic E-state index is -0.197. The van der Waals surface area contributed by atoms with Gasteiger partial charge in [-0.15, -0.1) is 0 Å². The quantitative estimate of drug-likeness (QED) is 0.689. The van der Waals surface area contributed by atoms with Crippen LogP contribution in [0.5, 0.6) is 0 Å². The number of carbonyl (C=O) groups is 1. The first-order chi connectivity index (χ1) is 9.23. The lowest BCUT2D eigenvalue weighted by molar-refractivity contribution is -0.236. The number of fused-ring (bicyclic) bond motifs is 2. The van der Waals surface area contributed by atoms with Gasteiger partial charge >= 0.3 is 5.97 Å². The third-order valence-corrected chi connectivity index (χ3v) is 6.25. The van der Waals surface area contributed by atoms with Crippen LogP contribution < -0.4 is 0 Å². The van der Waals surface area contributed by atoms with E-state index < -0.39 is 0 Å². The Labute approximate surface area is 122 Å². The van der Waals surface area contributed by atoms with Crippen molar-refractivity contribution >= 4 is 5.97 Å². The Balaban J connectivity index is 1.98. The molecule has 2 aliphatic carbocycles. The minimum Gasteiger partial charge on any atom is -0.462 e. The van der Waals surface area contributed by atoms with Crippen molar-refractivity contribution < 1.29 is 14.3 Å². The molecule has 6 atom stereocenters. The monoisotopic (exact) mass is 280 g/mol.